The molecule has 0 aromatic carbocycles. The molecule has 5 heteroatoms. The number of hydrogen-bond acceptors (Lipinski definition) is 2. The fourth-order valence-electron chi connectivity index (χ4n) is 0.829. The van der Waals surface area contributed by atoms with Gasteiger partial charge in [-0.3, -0.25) is 0 Å². The minimum Gasteiger partial charge on any atom is -0.393 e. The maximum absolute atomic E-state index is 13.3. The van der Waals surface area contributed by atoms with E-state index < -0.39 is 5.95 Å². The van der Waals surface area contributed by atoms with Crippen molar-refractivity contribution < 1.29 is 4.39 Å². The van der Waals surface area contributed by atoms with Gasteiger partial charge in [-0.25, -0.2) is 4.68 Å². The van der Waals surface area contributed by atoms with Crippen LogP contribution in [0, 0.1) is 9.65 Å². The third-order valence-corrected chi connectivity index (χ3v) is 2.25. The van der Waals surface area contributed by atoms with Gasteiger partial charge in [0.1, 0.15) is 9.39 Å². The minimum absolute atomic E-state index is 0.130. The van der Waals surface area contributed by atoms with Gasteiger partial charge in [-0.05, 0) is 43.4 Å². The van der Waals surface area contributed by atoms with Crippen molar-refractivity contribution in [2.24, 2.45) is 0 Å². The number of nitrogen functional groups attached to an aromatic ring is 1. The molecule has 0 unspecified atom stereocenters. The number of halogens is 2. The first-order valence-corrected chi connectivity index (χ1v) is 4.62. The Morgan fingerprint density at radius 1 is 1.50 bits per heavy atom. The van der Waals surface area contributed by atoms with E-state index in [1.165, 1.54) is 4.68 Å². The third-order valence-electron chi connectivity index (χ3n) is 1.45. The van der Waals surface area contributed by atoms with Crippen molar-refractivity contribution in [3.63, 3.8) is 0 Å². The van der Waals surface area contributed by atoms with E-state index in [4.69, 9.17) is 5.73 Å². The minimum atomic E-state index is -0.452. The zero-order chi connectivity index (χ0) is 9.52. The van der Waals surface area contributed by atoms with Gasteiger partial charge in [0.2, 0.25) is 5.95 Å². The summed E-state index contributed by atoms with van der Waals surface area (Å²) in [5.41, 5.74) is 5.20. The first-order chi connectivity index (χ1) is 5.34. The normalized spacial score (nSPS) is 12.1. The van der Waals surface area contributed by atoms with E-state index in [-0.39, 0.29) is 11.2 Å². The molecule has 1 rings (SSSR count). The first-order valence-electron chi connectivity index (χ1n) is 3.54. The molecule has 0 aliphatic heterocycles. The summed E-state index contributed by atoms with van der Waals surface area (Å²) in [6.07, 6.45) is 0. The number of hydrogen-bond donors (Lipinski definition) is 1. The van der Waals surface area contributed by atoms with E-state index in [0.29, 0.717) is 3.70 Å². The molecular weight excluding hydrogens is 272 g/mol. The molecule has 1 aromatic rings. The molecule has 0 amide bonds. The molecule has 1 heterocycles. The van der Waals surface area contributed by atoms with Crippen LogP contribution in [0.1, 0.15) is 20.8 Å². The summed E-state index contributed by atoms with van der Waals surface area (Å²) in [4.78, 5) is 0. The summed E-state index contributed by atoms with van der Waals surface area (Å²) in [6.45, 7) is 5.62. The molecule has 0 atom stereocenters. The average Bonchev–Trinajstić information content (AvgIpc) is 2.15. The maximum Gasteiger partial charge on any atom is 0.236 e. The largest absolute Gasteiger partial charge is 0.393 e. The molecular formula is C7H11FIN3. The summed E-state index contributed by atoms with van der Waals surface area (Å²) in [5.74, 6) is -0.452. The van der Waals surface area contributed by atoms with Gasteiger partial charge in [0.15, 0.2) is 0 Å². The molecule has 0 bridgehead atoms. The fourth-order valence-corrected chi connectivity index (χ4v) is 1.27. The molecule has 0 saturated heterocycles. The Balaban J connectivity index is 3.28. The van der Waals surface area contributed by atoms with Gasteiger partial charge in [-0.15, -0.1) is 0 Å². The lowest BCUT2D eigenvalue weighted by atomic mass is 10.1. The van der Waals surface area contributed by atoms with Crippen LogP contribution in [-0.4, -0.2) is 9.78 Å². The highest BCUT2D eigenvalue weighted by molar-refractivity contribution is 14.1. The van der Waals surface area contributed by atoms with E-state index in [0.717, 1.165) is 0 Å². The first kappa shape index (κ1) is 9.76. The second-order valence-corrected chi connectivity index (χ2v) is 4.60. The van der Waals surface area contributed by atoms with Crippen LogP contribution < -0.4 is 5.73 Å². The zero-order valence-corrected chi connectivity index (χ0v) is 9.39. The van der Waals surface area contributed by atoms with E-state index in [1.54, 1.807) is 0 Å². The molecule has 0 saturated carbocycles. The average molecular weight is 283 g/mol. The van der Waals surface area contributed by atoms with Gasteiger partial charge in [0.25, 0.3) is 0 Å². The smallest absolute Gasteiger partial charge is 0.236 e. The highest BCUT2D eigenvalue weighted by Gasteiger charge is 2.22. The number of nitrogens with zero attached hydrogens (tertiary/aromatic N) is 2. The Hall–Kier alpha value is -0.330. The van der Waals surface area contributed by atoms with Crippen LogP contribution in [-0.2, 0) is 5.54 Å². The Bertz CT molecular complexity index is 300. The zero-order valence-electron chi connectivity index (χ0n) is 7.23. The van der Waals surface area contributed by atoms with Crippen LogP contribution in [0.5, 0.6) is 0 Å². The molecule has 2 N–H and O–H groups in total. The predicted octanol–water partition coefficient (Wildman–Crippen LogP) is 1.96. The number of aromatic nitrogens is 2. The van der Waals surface area contributed by atoms with Crippen molar-refractivity contribution in [3.8, 4) is 0 Å². The second kappa shape index (κ2) is 2.86. The van der Waals surface area contributed by atoms with E-state index in [1.807, 2.05) is 43.4 Å². The number of nitrogens with two attached hydrogens (primary N) is 1. The molecule has 0 aliphatic carbocycles. The molecule has 0 spiro atoms. The van der Waals surface area contributed by atoms with Crippen LogP contribution >= 0.6 is 22.6 Å². The molecule has 3 nitrogen and oxygen atoms in total. The standard InChI is InChI=1S/C7H11FIN3/c1-7(2,3)12-5(8)4(10)6(9)11-12/h10H2,1-3H3. The summed E-state index contributed by atoms with van der Waals surface area (Å²) < 4.78 is 15.1. The fraction of sp³-hybridized carbons (Fsp3) is 0.571. The van der Waals surface area contributed by atoms with Crippen molar-refractivity contribution in [3.05, 3.63) is 9.65 Å². The van der Waals surface area contributed by atoms with E-state index in [2.05, 4.69) is 5.10 Å². The van der Waals surface area contributed by atoms with E-state index in [9.17, 15) is 4.39 Å². The van der Waals surface area contributed by atoms with Crippen LogP contribution in [0.15, 0.2) is 0 Å². The van der Waals surface area contributed by atoms with Crippen molar-refractivity contribution in [2.45, 2.75) is 26.3 Å². The van der Waals surface area contributed by atoms with Gasteiger partial charge >= 0.3 is 0 Å². The SMILES string of the molecule is CC(C)(C)n1nc(I)c(N)c1F. The Morgan fingerprint density at radius 3 is 2.17 bits per heavy atom. The van der Waals surface area contributed by atoms with Crippen LogP contribution in [0.4, 0.5) is 10.1 Å². The van der Waals surface area contributed by atoms with Gasteiger partial charge in [0, 0.05) is 0 Å². The lowest BCUT2D eigenvalue weighted by Gasteiger charge is -2.19. The molecule has 68 valence electrons. The van der Waals surface area contributed by atoms with Crippen molar-refractivity contribution in [1.29, 1.82) is 0 Å². The van der Waals surface area contributed by atoms with Crippen LogP contribution in [0.3, 0.4) is 0 Å². The Labute approximate surface area is 84.3 Å². The lowest BCUT2D eigenvalue weighted by molar-refractivity contribution is 0.299. The Morgan fingerprint density at radius 2 is 2.00 bits per heavy atom. The third kappa shape index (κ3) is 1.55. The molecule has 12 heavy (non-hydrogen) atoms. The Kier molecular flexibility index (Phi) is 2.33. The summed E-state index contributed by atoms with van der Waals surface area (Å²) >= 11 is 1.91. The predicted molar refractivity (Wildman–Crippen MR) is 54.3 cm³/mol. The number of rotatable bonds is 0. The van der Waals surface area contributed by atoms with Crippen molar-refractivity contribution >= 4 is 28.3 Å². The topological polar surface area (TPSA) is 43.8 Å². The highest BCUT2D eigenvalue weighted by atomic mass is 127. The van der Waals surface area contributed by atoms with Crippen molar-refractivity contribution in [1.82, 2.24) is 9.78 Å². The van der Waals surface area contributed by atoms with Crippen LogP contribution in [0.25, 0.3) is 0 Å². The van der Waals surface area contributed by atoms with Gasteiger partial charge in [-0.2, -0.15) is 9.49 Å². The highest BCUT2D eigenvalue weighted by Crippen LogP contribution is 2.23. The quantitative estimate of drug-likeness (QED) is 0.740. The molecule has 0 aliphatic rings. The lowest BCUT2D eigenvalue weighted by Crippen LogP contribution is -2.25. The van der Waals surface area contributed by atoms with Gasteiger partial charge in [-0.1, -0.05) is 0 Å². The molecule has 0 fully saturated rings. The number of anilines is 1. The summed E-state index contributed by atoms with van der Waals surface area (Å²) in [5, 5.41) is 3.98. The summed E-state index contributed by atoms with van der Waals surface area (Å²) in [7, 11) is 0. The molecule has 0 radical (unpaired) electrons. The summed E-state index contributed by atoms with van der Waals surface area (Å²) in [6, 6.07) is 0. The van der Waals surface area contributed by atoms with Crippen LogP contribution in [0.2, 0.25) is 0 Å². The molecule has 1 aromatic heterocycles. The van der Waals surface area contributed by atoms with Gasteiger partial charge in [0.05, 0.1) is 5.54 Å². The second-order valence-electron chi connectivity index (χ2n) is 3.58. The monoisotopic (exact) mass is 283 g/mol. The van der Waals surface area contributed by atoms with Crippen molar-refractivity contribution in [2.75, 3.05) is 5.73 Å². The van der Waals surface area contributed by atoms with E-state index >= 15 is 0 Å². The maximum atomic E-state index is 13.3. The van der Waals surface area contributed by atoms with Gasteiger partial charge < -0.3 is 5.73 Å².